The van der Waals surface area contributed by atoms with Crippen molar-refractivity contribution >= 4 is 11.3 Å². The van der Waals surface area contributed by atoms with E-state index in [4.69, 9.17) is 5.84 Å². The smallest absolute Gasteiger partial charge is 0.127 e. The Bertz CT molecular complexity index is 490. The van der Waals surface area contributed by atoms with Crippen molar-refractivity contribution in [1.29, 1.82) is 0 Å². The van der Waals surface area contributed by atoms with Crippen molar-refractivity contribution in [3.8, 4) is 0 Å². The number of aromatic nitrogens is 3. The quantitative estimate of drug-likeness (QED) is 0.617. The minimum absolute atomic E-state index is 0.0112. The molecule has 0 radical (unpaired) electrons. The summed E-state index contributed by atoms with van der Waals surface area (Å²) < 4.78 is 2.14. The number of hydrogen-bond donors (Lipinski definition) is 2. The van der Waals surface area contributed by atoms with E-state index in [9.17, 15) is 0 Å². The monoisotopic (exact) mass is 265 g/mol. The zero-order valence-corrected chi connectivity index (χ0v) is 11.6. The second kappa shape index (κ2) is 6.08. The maximum Gasteiger partial charge on any atom is 0.127 e. The van der Waals surface area contributed by atoms with Crippen LogP contribution in [0.15, 0.2) is 17.8 Å². The number of nitrogens with one attached hydrogen (secondary N) is 1. The van der Waals surface area contributed by atoms with Crippen LogP contribution in [0.4, 0.5) is 0 Å². The summed E-state index contributed by atoms with van der Waals surface area (Å²) >= 11 is 1.67. The molecular formula is C12H19N5S. The molecule has 0 aliphatic rings. The summed E-state index contributed by atoms with van der Waals surface area (Å²) in [4.78, 5) is 8.88. The summed E-state index contributed by atoms with van der Waals surface area (Å²) in [5.41, 5.74) is 3.90. The molecule has 6 heteroatoms. The van der Waals surface area contributed by atoms with E-state index in [1.807, 2.05) is 19.3 Å². The molecule has 0 aliphatic heterocycles. The molecule has 0 saturated heterocycles. The maximum atomic E-state index is 5.66. The molecule has 0 fully saturated rings. The zero-order chi connectivity index (χ0) is 13.0. The third kappa shape index (κ3) is 2.95. The fourth-order valence-electron chi connectivity index (χ4n) is 1.96. The second-order valence-electron chi connectivity index (χ2n) is 4.28. The summed E-state index contributed by atoms with van der Waals surface area (Å²) in [6.45, 7) is 5.12. The van der Waals surface area contributed by atoms with E-state index in [1.165, 1.54) is 0 Å². The van der Waals surface area contributed by atoms with E-state index in [2.05, 4.69) is 32.3 Å². The second-order valence-corrected chi connectivity index (χ2v) is 5.23. The standard InChI is InChI=1S/C12H19N5S/c1-3-5-17-6-4-14-12(17)10(16-13)7-11-15-9(2)8-18-11/h4,6,8,10,16H,3,5,7,13H2,1-2H3. The van der Waals surface area contributed by atoms with Gasteiger partial charge in [-0.15, -0.1) is 11.3 Å². The van der Waals surface area contributed by atoms with Gasteiger partial charge in [-0.3, -0.25) is 5.84 Å². The predicted octanol–water partition coefficient (Wildman–Crippen LogP) is 1.81. The van der Waals surface area contributed by atoms with E-state index in [1.54, 1.807) is 11.3 Å². The molecular weight excluding hydrogens is 246 g/mol. The molecule has 0 bridgehead atoms. The lowest BCUT2D eigenvalue weighted by molar-refractivity contribution is 0.487. The van der Waals surface area contributed by atoms with Crippen LogP contribution in [0.5, 0.6) is 0 Å². The summed E-state index contributed by atoms with van der Waals surface area (Å²) in [5, 5.41) is 3.14. The number of hydrogen-bond acceptors (Lipinski definition) is 5. The highest BCUT2D eigenvalue weighted by atomic mass is 32.1. The van der Waals surface area contributed by atoms with Gasteiger partial charge in [0, 0.05) is 36.4 Å². The van der Waals surface area contributed by atoms with Crippen LogP contribution >= 0.6 is 11.3 Å². The molecule has 98 valence electrons. The summed E-state index contributed by atoms with van der Waals surface area (Å²) in [6.07, 6.45) is 5.67. The lowest BCUT2D eigenvalue weighted by Gasteiger charge is -2.16. The maximum absolute atomic E-state index is 5.66. The van der Waals surface area contributed by atoms with Gasteiger partial charge in [-0.1, -0.05) is 6.92 Å². The highest BCUT2D eigenvalue weighted by molar-refractivity contribution is 7.09. The largest absolute Gasteiger partial charge is 0.334 e. The number of imidazole rings is 1. The molecule has 1 atom stereocenters. The Kier molecular flexibility index (Phi) is 4.46. The Balaban J connectivity index is 2.14. The van der Waals surface area contributed by atoms with Gasteiger partial charge in [-0.05, 0) is 13.3 Å². The van der Waals surface area contributed by atoms with Crippen molar-refractivity contribution in [1.82, 2.24) is 20.0 Å². The number of rotatable bonds is 6. The first-order valence-corrected chi connectivity index (χ1v) is 7.00. The van der Waals surface area contributed by atoms with Gasteiger partial charge in [0.2, 0.25) is 0 Å². The van der Waals surface area contributed by atoms with Crippen LogP contribution in [0.25, 0.3) is 0 Å². The zero-order valence-electron chi connectivity index (χ0n) is 10.8. The molecule has 2 rings (SSSR count). The van der Waals surface area contributed by atoms with Crippen LogP contribution in [0, 0.1) is 6.92 Å². The predicted molar refractivity (Wildman–Crippen MR) is 73.1 cm³/mol. The van der Waals surface area contributed by atoms with Crippen LogP contribution in [-0.4, -0.2) is 14.5 Å². The van der Waals surface area contributed by atoms with E-state index < -0.39 is 0 Å². The molecule has 2 aromatic heterocycles. The molecule has 5 nitrogen and oxygen atoms in total. The molecule has 2 aromatic rings. The van der Waals surface area contributed by atoms with E-state index in [0.717, 1.165) is 35.9 Å². The van der Waals surface area contributed by atoms with Gasteiger partial charge in [0.25, 0.3) is 0 Å². The van der Waals surface area contributed by atoms with Crippen LogP contribution in [0.2, 0.25) is 0 Å². The Morgan fingerprint density at radius 2 is 2.39 bits per heavy atom. The number of hydrazine groups is 1. The first kappa shape index (κ1) is 13.2. The molecule has 2 heterocycles. The minimum Gasteiger partial charge on any atom is -0.334 e. The van der Waals surface area contributed by atoms with Gasteiger partial charge in [0.15, 0.2) is 0 Å². The summed E-state index contributed by atoms with van der Waals surface area (Å²) in [6, 6.07) is 0.0112. The Morgan fingerprint density at radius 3 is 3.00 bits per heavy atom. The lowest BCUT2D eigenvalue weighted by Crippen LogP contribution is -2.31. The normalized spacial score (nSPS) is 12.8. The van der Waals surface area contributed by atoms with Crippen LogP contribution in [0.3, 0.4) is 0 Å². The SMILES string of the molecule is CCCn1ccnc1C(Cc1nc(C)cs1)NN. The van der Waals surface area contributed by atoms with Crippen LogP contribution < -0.4 is 11.3 Å². The van der Waals surface area contributed by atoms with Gasteiger partial charge in [-0.2, -0.15) is 0 Å². The minimum atomic E-state index is 0.0112. The van der Waals surface area contributed by atoms with Crippen molar-refractivity contribution in [2.24, 2.45) is 5.84 Å². The summed E-state index contributed by atoms with van der Waals surface area (Å²) in [5.74, 6) is 6.64. The van der Waals surface area contributed by atoms with Crippen LogP contribution in [-0.2, 0) is 13.0 Å². The average Bonchev–Trinajstić information content (AvgIpc) is 2.96. The van der Waals surface area contributed by atoms with Crippen molar-refractivity contribution in [3.05, 3.63) is 34.3 Å². The molecule has 0 amide bonds. The first-order chi connectivity index (χ1) is 8.74. The molecule has 0 aromatic carbocycles. The highest BCUT2D eigenvalue weighted by Gasteiger charge is 2.17. The van der Waals surface area contributed by atoms with E-state index in [0.29, 0.717) is 0 Å². The lowest BCUT2D eigenvalue weighted by atomic mass is 10.2. The Morgan fingerprint density at radius 1 is 1.56 bits per heavy atom. The van der Waals surface area contributed by atoms with E-state index in [-0.39, 0.29) is 6.04 Å². The van der Waals surface area contributed by atoms with E-state index >= 15 is 0 Å². The third-order valence-corrected chi connectivity index (χ3v) is 3.76. The number of aryl methyl sites for hydroxylation is 2. The van der Waals surface area contributed by atoms with Crippen molar-refractivity contribution in [2.75, 3.05) is 0 Å². The third-order valence-electron chi connectivity index (χ3n) is 2.77. The molecule has 18 heavy (non-hydrogen) atoms. The Hall–Kier alpha value is -1.24. The van der Waals surface area contributed by atoms with Gasteiger partial charge in [0.1, 0.15) is 5.82 Å². The molecule has 0 aliphatic carbocycles. The molecule has 3 N–H and O–H groups in total. The molecule has 0 spiro atoms. The van der Waals surface area contributed by atoms with Crippen molar-refractivity contribution in [3.63, 3.8) is 0 Å². The molecule has 1 unspecified atom stereocenters. The van der Waals surface area contributed by atoms with Gasteiger partial charge in [0.05, 0.1) is 11.0 Å². The van der Waals surface area contributed by atoms with Gasteiger partial charge >= 0.3 is 0 Å². The molecule has 0 saturated carbocycles. The number of nitrogens with zero attached hydrogens (tertiary/aromatic N) is 3. The fourth-order valence-corrected chi connectivity index (χ4v) is 2.78. The van der Waals surface area contributed by atoms with Crippen molar-refractivity contribution < 1.29 is 0 Å². The first-order valence-electron chi connectivity index (χ1n) is 6.12. The van der Waals surface area contributed by atoms with Crippen LogP contribution in [0.1, 0.15) is 35.9 Å². The summed E-state index contributed by atoms with van der Waals surface area (Å²) in [7, 11) is 0. The number of nitrogens with two attached hydrogens (primary N) is 1. The average molecular weight is 265 g/mol. The number of thiazole rings is 1. The highest BCUT2D eigenvalue weighted by Crippen LogP contribution is 2.19. The topological polar surface area (TPSA) is 68.8 Å². The fraction of sp³-hybridized carbons (Fsp3) is 0.500. The van der Waals surface area contributed by atoms with Crippen molar-refractivity contribution in [2.45, 2.75) is 39.3 Å². The van der Waals surface area contributed by atoms with Gasteiger partial charge in [-0.25, -0.2) is 15.4 Å². The van der Waals surface area contributed by atoms with Gasteiger partial charge < -0.3 is 4.57 Å². The Labute approximate surface area is 111 Å².